The van der Waals surface area contributed by atoms with Gasteiger partial charge in [-0.25, -0.2) is 9.78 Å². The van der Waals surface area contributed by atoms with E-state index >= 15 is 0 Å². The summed E-state index contributed by atoms with van der Waals surface area (Å²) in [6, 6.07) is 16.2. The van der Waals surface area contributed by atoms with Gasteiger partial charge in [0.25, 0.3) is 5.91 Å². The summed E-state index contributed by atoms with van der Waals surface area (Å²) in [6.07, 6.45) is 1.43. The molecular formula is C28H27N5O4S. The Morgan fingerprint density at radius 2 is 1.89 bits per heavy atom. The van der Waals surface area contributed by atoms with E-state index < -0.39 is 12.0 Å². The number of carbonyl (C=O) groups excluding carboxylic acids is 2. The number of carbonyl (C=O) groups is 2. The molecule has 0 saturated carbocycles. The maximum Gasteiger partial charge on any atom is 0.333 e. The highest BCUT2D eigenvalue weighted by Gasteiger charge is 2.43. The molecule has 2 atom stereocenters. The second-order valence-corrected chi connectivity index (χ2v) is 10.8. The summed E-state index contributed by atoms with van der Waals surface area (Å²) >= 11 is 1.18. The number of anilines is 3. The summed E-state index contributed by atoms with van der Waals surface area (Å²) in [5, 5.41) is 11.3. The molecule has 1 fully saturated rings. The number of nitrogens with zero attached hydrogens (tertiary/aromatic N) is 4. The predicted molar refractivity (Wildman–Crippen MR) is 148 cm³/mol. The number of hydrogen-bond acceptors (Lipinski definition) is 7. The fraction of sp³-hybridized carbons (Fsp3) is 0.250. The van der Waals surface area contributed by atoms with E-state index in [1.165, 1.54) is 11.3 Å². The highest BCUT2D eigenvalue weighted by Crippen LogP contribution is 2.50. The minimum absolute atomic E-state index is 0.291. The van der Waals surface area contributed by atoms with Crippen LogP contribution in [0.3, 0.4) is 0 Å². The number of β-amino-alcohol motifs (C(OH)–C–C–N with tert-alkyl or cyclic N) is 1. The first kappa shape index (κ1) is 24.4. The highest BCUT2D eigenvalue weighted by atomic mass is 32.1. The standard InChI is InChI=1S/C28H27N5O4S/c1-16-12-20(37-19-6-4-3-5-7-19)8-9-21(16)33-22-10-11-30-27-23(22)24(25(38-27)26(29)35)32(28(33)36)17-13-18(34)15-31(2)14-17/h3-12,17-18,34H,13-15H2,1-2H3,(H2,29,35)/t17-,18-/m1/s1. The fourth-order valence-electron chi connectivity index (χ4n) is 5.46. The lowest BCUT2D eigenvalue weighted by Crippen LogP contribution is -2.57. The molecule has 0 radical (unpaired) electrons. The van der Waals surface area contributed by atoms with Crippen molar-refractivity contribution in [1.82, 2.24) is 9.88 Å². The molecule has 194 valence electrons. The van der Waals surface area contributed by atoms with Crippen molar-refractivity contribution in [3.05, 3.63) is 71.2 Å². The van der Waals surface area contributed by atoms with Crippen LogP contribution < -0.4 is 20.3 Å². The number of nitrogens with two attached hydrogens (primary N) is 1. The number of urea groups is 1. The summed E-state index contributed by atoms with van der Waals surface area (Å²) < 4.78 is 6.00. The Balaban J connectivity index is 1.49. The van der Waals surface area contributed by atoms with E-state index in [-0.39, 0.29) is 12.1 Å². The topological polar surface area (TPSA) is 112 Å². The Bertz CT molecular complexity index is 1550. The SMILES string of the molecule is Cc1cc(Oc2ccccc2)ccc1N1C(=O)N([C@@H]2C[C@@H](O)CN(C)C2)c2c(C(N)=O)sc3nccc1c23. The maximum absolute atomic E-state index is 14.4. The maximum atomic E-state index is 14.4. The van der Waals surface area contributed by atoms with E-state index in [4.69, 9.17) is 10.5 Å². The number of benzene rings is 2. The van der Waals surface area contributed by atoms with Gasteiger partial charge < -0.3 is 20.5 Å². The molecule has 6 rings (SSSR count). The second kappa shape index (κ2) is 9.39. The van der Waals surface area contributed by atoms with Crippen molar-refractivity contribution >= 4 is 50.6 Å². The fourth-order valence-corrected chi connectivity index (χ4v) is 6.47. The van der Waals surface area contributed by atoms with Crippen molar-refractivity contribution in [2.45, 2.75) is 25.5 Å². The third-order valence-corrected chi connectivity index (χ3v) is 8.09. The molecule has 2 aliphatic heterocycles. The normalized spacial score (nSPS) is 19.7. The number of aromatic nitrogens is 1. The zero-order valence-corrected chi connectivity index (χ0v) is 21.8. The smallest absolute Gasteiger partial charge is 0.333 e. The van der Waals surface area contributed by atoms with Gasteiger partial charge in [-0.2, -0.15) is 0 Å². The Kier molecular flexibility index (Phi) is 6.02. The second-order valence-electron chi connectivity index (χ2n) is 9.77. The van der Waals surface area contributed by atoms with Gasteiger partial charge in [0.1, 0.15) is 21.2 Å². The number of piperidine rings is 1. The Hall–Kier alpha value is -3.99. The van der Waals surface area contributed by atoms with Crippen LogP contribution in [0.5, 0.6) is 11.5 Å². The molecule has 4 heterocycles. The molecule has 0 spiro atoms. The van der Waals surface area contributed by atoms with Crippen LogP contribution in [0.4, 0.5) is 21.9 Å². The molecule has 2 aromatic carbocycles. The Labute approximate surface area is 223 Å². The van der Waals surface area contributed by atoms with Crippen LogP contribution >= 0.6 is 11.3 Å². The average molecular weight is 530 g/mol. The average Bonchev–Trinajstić information content (AvgIpc) is 3.26. The van der Waals surface area contributed by atoms with Crippen molar-refractivity contribution in [2.24, 2.45) is 5.73 Å². The van der Waals surface area contributed by atoms with E-state index in [1.54, 1.807) is 22.1 Å². The number of ether oxygens (including phenoxy) is 1. The highest BCUT2D eigenvalue weighted by molar-refractivity contribution is 7.21. The summed E-state index contributed by atoms with van der Waals surface area (Å²) in [5.41, 5.74) is 8.44. The van der Waals surface area contributed by atoms with E-state index in [9.17, 15) is 14.7 Å². The van der Waals surface area contributed by atoms with Gasteiger partial charge in [0.15, 0.2) is 0 Å². The zero-order chi connectivity index (χ0) is 26.6. The number of aryl methyl sites for hydroxylation is 1. The number of likely N-dealkylation sites (N-methyl/N-ethyl adjacent to an activating group) is 1. The van der Waals surface area contributed by atoms with Crippen molar-refractivity contribution in [1.29, 1.82) is 0 Å². The van der Waals surface area contributed by atoms with Crippen LogP contribution in [0.25, 0.3) is 10.2 Å². The molecule has 0 unspecified atom stereocenters. The van der Waals surface area contributed by atoms with Crippen LogP contribution in [0.15, 0.2) is 60.8 Å². The van der Waals surface area contributed by atoms with Gasteiger partial charge >= 0.3 is 6.03 Å². The van der Waals surface area contributed by atoms with Crippen LogP contribution in [-0.4, -0.2) is 59.2 Å². The number of rotatable bonds is 5. The molecule has 4 aromatic rings. The minimum Gasteiger partial charge on any atom is -0.457 e. The molecule has 10 heteroatoms. The number of thiophene rings is 1. The molecule has 38 heavy (non-hydrogen) atoms. The molecule has 1 saturated heterocycles. The molecule has 0 bridgehead atoms. The lowest BCUT2D eigenvalue weighted by atomic mass is 9.99. The van der Waals surface area contributed by atoms with Gasteiger partial charge in [0, 0.05) is 19.3 Å². The van der Waals surface area contributed by atoms with Gasteiger partial charge in [-0.3, -0.25) is 14.6 Å². The molecular weight excluding hydrogens is 502 g/mol. The third-order valence-electron chi connectivity index (χ3n) is 6.99. The van der Waals surface area contributed by atoms with Gasteiger partial charge in [-0.1, -0.05) is 18.2 Å². The molecule has 9 nitrogen and oxygen atoms in total. The Morgan fingerprint density at radius 1 is 1.11 bits per heavy atom. The van der Waals surface area contributed by atoms with E-state index in [1.807, 2.05) is 67.4 Å². The van der Waals surface area contributed by atoms with Crippen molar-refractivity contribution in [3.8, 4) is 11.5 Å². The first-order valence-corrected chi connectivity index (χ1v) is 13.2. The van der Waals surface area contributed by atoms with Crippen molar-refractivity contribution < 1.29 is 19.4 Å². The lowest BCUT2D eigenvalue weighted by molar-refractivity contribution is 0.0732. The first-order valence-electron chi connectivity index (χ1n) is 12.4. The molecule has 2 aromatic heterocycles. The van der Waals surface area contributed by atoms with Gasteiger partial charge in [-0.05, 0) is 62.4 Å². The van der Waals surface area contributed by atoms with Gasteiger partial charge in [0.05, 0.1) is 34.6 Å². The van der Waals surface area contributed by atoms with Crippen LogP contribution in [-0.2, 0) is 0 Å². The predicted octanol–water partition coefficient (Wildman–Crippen LogP) is 4.64. The van der Waals surface area contributed by atoms with E-state index in [0.717, 1.165) is 11.3 Å². The first-order chi connectivity index (χ1) is 18.3. The number of likely N-dealkylation sites (tertiary alicyclic amines) is 1. The number of aliphatic hydroxyl groups is 1. The number of para-hydroxylation sites is 1. The van der Waals surface area contributed by atoms with E-state index in [2.05, 4.69) is 4.98 Å². The summed E-state index contributed by atoms with van der Waals surface area (Å²) in [4.78, 5) is 37.6. The number of primary amides is 1. The zero-order valence-electron chi connectivity index (χ0n) is 21.0. The number of aliphatic hydroxyl groups excluding tert-OH is 1. The summed E-state index contributed by atoms with van der Waals surface area (Å²) in [5.74, 6) is 0.768. The molecule has 2 aliphatic rings. The van der Waals surface area contributed by atoms with Crippen LogP contribution in [0.2, 0.25) is 0 Å². The summed E-state index contributed by atoms with van der Waals surface area (Å²) in [6.45, 7) is 2.99. The van der Waals surface area contributed by atoms with Gasteiger partial charge in [-0.15, -0.1) is 11.3 Å². The molecule has 0 aliphatic carbocycles. The van der Waals surface area contributed by atoms with Crippen LogP contribution in [0.1, 0.15) is 21.7 Å². The van der Waals surface area contributed by atoms with Crippen molar-refractivity contribution in [3.63, 3.8) is 0 Å². The van der Waals surface area contributed by atoms with Crippen molar-refractivity contribution in [2.75, 3.05) is 29.9 Å². The monoisotopic (exact) mass is 529 g/mol. The summed E-state index contributed by atoms with van der Waals surface area (Å²) in [7, 11) is 1.91. The quantitative estimate of drug-likeness (QED) is 0.390. The minimum atomic E-state index is -0.608. The van der Waals surface area contributed by atoms with E-state index in [0.29, 0.717) is 57.4 Å². The molecule has 3 amide bonds. The Morgan fingerprint density at radius 3 is 2.61 bits per heavy atom. The largest absolute Gasteiger partial charge is 0.457 e. The number of pyridine rings is 1. The number of amides is 3. The number of hydrogen-bond donors (Lipinski definition) is 2. The van der Waals surface area contributed by atoms with Crippen LogP contribution in [0, 0.1) is 6.92 Å². The molecule has 3 N–H and O–H groups in total. The lowest BCUT2D eigenvalue weighted by Gasteiger charge is -2.44. The van der Waals surface area contributed by atoms with Gasteiger partial charge in [0.2, 0.25) is 0 Å². The third kappa shape index (κ3) is 4.07.